The van der Waals surface area contributed by atoms with Gasteiger partial charge in [0.25, 0.3) is 5.91 Å². The Kier molecular flexibility index (Phi) is 2.55. The molecular formula is C12H13N5O. The summed E-state index contributed by atoms with van der Waals surface area (Å²) in [6.07, 6.45) is 2.16. The van der Waals surface area contributed by atoms with Gasteiger partial charge in [-0.2, -0.15) is 4.68 Å². The van der Waals surface area contributed by atoms with Crippen molar-refractivity contribution in [3.05, 3.63) is 35.7 Å². The molecule has 0 radical (unpaired) electrons. The minimum atomic E-state index is -0.0370. The van der Waals surface area contributed by atoms with Crippen LogP contribution in [0.15, 0.2) is 24.3 Å². The first-order valence-electron chi connectivity index (χ1n) is 5.90. The molecule has 1 aromatic carbocycles. The number of aryl methyl sites for hydroxylation is 1. The van der Waals surface area contributed by atoms with E-state index in [1.165, 1.54) is 0 Å². The highest BCUT2D eigenvalue weighted by Crippen LogP contribution is 2.19. The van der Waals surface area contributed by atoms with E-state index in [0.29, 0.717) is 17.4 Å². The first kappa shape index (κ1) is 10.9. The van der Waals surface area contributed by atoms with Gasteiger partial charge in [0.2, 0.25) is 0 Å². The Hall–Kier alpha value is -2.24. The van der Waals surface area contributed by atoms with Crippen LogP contribution in [0.25, 0.3) is 5.69 Å². The highest BCUT2D eigenvalue weighted by molar-refractivity contribution is 5.95. The third-order valence-electron chi connectivity index (χ3n) is 2.89. The van der Waals surface area contributed by atoms with Crippen LogP contribution < -0.4 is 5.32 Å². The molecule has 1 aromatic heterocycles. The summed E-state index contributed by atoms with van der Waals surface area (Å²) in [5, 5.41) is 14.3. The van der Waals surface area contributed by atoms with Gasteiger partial charge in [-0.25, -0.2) is 0 Å². The van der Waals surface area contributed by atoms with Crippen molar-refractivity contribution in [2.24, 2.45) is 0 Å². The van der Waals surface area contributed by atoms with Crippen LogP contribution in [0.3, 0.4) is 0 Å². The molecule has 6 nitrogen and oxygen atoms in total. The molecule has 6 heteroatoms. The molecule has 0 bridgehead atoms. The number of hydrogen-bond donors (Lipinski definition) is 1. The van der Waals surface area contributed by atoms with Gasteiger partial charge in [-0.15, -0.1) is 5.10 Å². The lowest BCUT2D eigenvalue weighted by Crippen LogP contribution is -2.25. The lowest BCUT2D eigenvalue weighted by atomic mass is 10.2. The van der Waals surface area contributed by atoms with E-state index in [1.807, 2.05) is 19.1 Å². The highest BCUT2D eigenvalue weighted by atomic mass is 16.1. The van der Waals surface area contributed by atoms with E-state index in [1.54, 1.807) is 16.8 Å². The summed E-state index contributed by atoms with van der Waals surface area (Å²) < 4.78 is 1.61. The van der Waals surface area contributed by atoms with Crippen molar-refractivity contribution in [1.82, 2.24) is 25.5 Å². The van der Waals surface area contributed by atoms with Crippen LogP contribution in [0.1, 0.15) is 29.0 Å². The number of carbonyl (C=O) groups excluding carboxylic acids is 1. The van der Waals surface area contributed by atoms with Crippen molar-refractivity contribution in [2.45, 2.75) is 25.8 Å². The largest absolute Gasteiger partial charge is 0.349 e. The van der Waals surface area contributed by atoms with Gasteiger partial charge >= 0.3 is 0 Å². The van der Waals surface area contributed by atoms with Crippen molar-refractivity contribution in [3.63, 3.8) is 0 Å². The van der Waals surface area contributed by atoms with Gasteiger partial charge in [0, 0.05) is 11.6 Å². The number of rotatable bonds is 3. The van der Waals surface area contributed by atoms with Crippen LogP contribution in [0, 0.1) is 6.92 Å². The molecular weight excluding hydrogens is 230 g/mol. The van der Waals surface area contributed by atoms with Gasteiger partial charge in [-0.1, -0.05) is 6.07 Å². The summed E-state index contributed by atoms with van der Waals surface area (Å²) in [5.41, 5.74) is 1.43. The smallest absolute Gasteiger partial charge is 0.251 e. The first-order chi connectivity index (χ1) is 8.74. The number of hydrogen-bond acceptors (Lipinski definition) is 4. The molecule has 0 aliphatic heterocycles. The monoisotopic (exact) mass is 243 g/mol. The number of amides is 1. The summed E-state index contributed by atoms with van der Waals surface area (Å²) in [6.45, 7) is 1.82. The fraction of sp³-hybridized carbons (Fsp3) is 0.333. The molecule has 3 rings (SSSR count). The Labute approximate surface area is 104 Å². The molecule has 0 spiro atoms. The van der Waals surface area contributed by atoms with E-state index in [4.69, 9.17) is 0 Å². The number of nitrogens with zero attached hydrogens (tertiary/aromatic N) is 4. The maximum atomic E-state index is 11.9. The Balaban J connectivity index is 1.88. The van der Waals surface area contributed by atoms with Gasteiger partial charge in [0.15, 0.2) is 5.82 Å². The fourth-order valence-corrected chi connectivity index (χ4v) is 1.75. The Morgan fingerprint density at radius 2 is 2.28 bits per heavy atom. The minimum Gasteiger partial charge on any atom is -0.349 e. The maximum Gasteiger partial charge on any atom is 0.251 e. The lowest BCUT2D eigenvalue weighted by molar-refractivity contribution is 0.0951. The molecule has 0 atom stereocenters. The van der Waals surface area contributed by atoms with Crippen LogP contribution in [-0.4, -0.2) is 32.2 Å². The molecule has 0 saturated heterocycles. The van der Waals surface area contributed by atoms with Gasteiger partial charge < -0.3 is 5.32 Å². The molecule has 1 N–H and O–H groups in total. The molecule has 1 heterocycles. The fourth-order valence-electron chi connectivity index (χ4n) is 1.75. The third-order valence-corrected chi connectivity index (χ3v) is 2.89. The number of carbonyl (C=O) groups is 1. The van der Waals surface area contributed by atoms with Gasteiger partial charge in [0.1, 0.15) is 0 Å². The van der Waals surface area contributed by atoms with Crippen LogP contribution in [-0.2, 0) is 0 Å². The average molecular weight is 243 g/mol. The molecule has 1 aliphatic rings. The van der Waals surface area contributed by atoms with Gasteiger partial charge in [0.05, 0.1) is 5.69 Å². The number of nitrogens with one attached hydrogen (secondary N) is 1. The van der Waals surface area contributed by atoms with E-state index in [0.717, 1.165) is 18.5 Å². The molecule has 2 aromatic rings. The molecule has 0 unspecified atom stereocenters. The van der Waals surface area contributed by atoms with E-state index in [-0.39, 0.29) is 5.91 Å². The maximum absolute atomic E-state index is 11.9. The second kappa shape index (κ2) is 4.21. The molecule has 1 fully saturated rings. The summed E-state index contributed by atoms with van der Waals surface area (Å²) in [5.74, 6) is 0.653. The number of benzene rings is 1. The van der Waals surface area contributed by atoms with Crippen molar-refractivity contribution in [1.29, 1.82) is 0 Å². The molecule has 1 aliphatic carbocycles. The Morgan fingerprint density at radius 3 is 2.94 bits per heavy atom. The highest BCUT2D eigenvalue weighted by Gasteiger charge is 2.23. The van der Waals surface area contributed by atoms with E-state index >= 15 is 0 Å². The Morgan fingerprint density at radius 1 is 1.44 bits per heavy atom. The van der Waals surface area contributed by atoms with Crippen molar-refractivity contribution >= 4 is 5.91 Å². The van der Waals surface area contributed by atoms with E-state index in [9.17, 15) is 4.79 Å². The zero-order valence-corrected chi connectivity index (χ0v) is 10.00. The van der Waals surface area contributed by atoms with E-state index < -0.39 is 0 Å². The van der Waals surface area contributed by atoms with Crippen LogP contribution >= 0.6 is 0 Å². The van der Waals surface area contributed by atoms with Crippen LogP contribution in [0.5, 0.6) is 0 Å². The van der Waals surface area contributed by atoms with Crippen molar-refractivity contribution < 1.29 is 4.79 Å². The zero-order valence-electron chi connectivity index (χ0n) is 10.00. The molecule has 1 saturated carbocycles. The quantitative estimate of drug-likeness (QED) is 0.867. The standard InChI is InChI=1S/C12H13N5O/c1-8-14-15-16-17(8)11-4-2-3-9(7-11)12(18)13-10-5-6-10/h2-4,7,10H,5-6H2,1H3,(H,13,18). The normalized spacial score (nSPS) is 14.5. The van der Waals surface area contributed by atoms with Crippen molar-refractivity contribution in [3.8, 4) is 5.69 Å². The Bertz CT molecular complexity index is 588. The predicted molar refractivity (Wildman–Crippen MR) is 64.4 cm³/mol. The summed E-state index contributed by atoms with van der Waals surface area (Å²) in [4.78, 5) is 11.9. The molecule has 1 amide bonds. The summed E-state index contributed by atoms with van der Waals surface area (Å²) in [6, 6.07) is 7.65. The third kappa shape index (κ3) is 2.09. The van der Waals surface area contributed by atoms with Gasteiger partial charge in [-0.3, -0.25) is 4.79 Å². The first-order valence-corrected chi connectivity index (χ1v) is 5.90. The van der Waals surface area contributed by atoms with Crippen molar-refractivity contribution in [2.75, 3.05) is 0 Å². The lowest BCUT2D eigenvalue weighted by Gasteiger charge is -2.06. The minimum absolute atomic E-state index is 0.0370. The van der Waals surface area contributed by atoms with Crippen LogP contribution in [0.2, 0.25) is 0 Å². The number of tetrazole rings is 1. The number of aromatic nitrogens is 4. The SMILES string of the molecule is Cc1nnnn1-c1cccc(C(=O)NC2CC2)c1. The second-order valence-corrected chi connectivity index (χ2v) is 4.44. The van der Waals surface area contributed by atoms with Crippen LogP contribution in [0.4, 0.5) is 0 Å². The molecule has 18 heavy (non-hydrogen) atoms. The molecule has 92 valence electrons. The van der Waals surface area contributed by atoms with E-state index in [2.05, 4.69) is 20.8 Å². The topological polar surface area (TPSA) is 72.7 Å². The predicted octanol–water partition coefficient (Wildman–Crippen LogP) is 0.863. The van der Waals surface area contributed by atoms with Gasteiger partial charge in [-0.05, 0) is 48.4 Å². The second-order valence-electron chi connectivity index (χ2n) is 4.44. The zero-order chi connectivity index (χ0) is 12.5. The average Bonchev–Trinajstić information content (AvgIpc) is 3.09. The summed E-state index contributed by atoms with van der Waals surface area (Å²) >= 11 is 0. The summed E-state index contributed by atoms with van der Waals surface area (Å²) in [7, 11) is 0.